The summed E-state index contributed by atoms with van der Waals surface area (Å²) in [6.07, 6.45) is 3.69. The van der Waals surface area contributed by atoms with Gasteiger partial charge < -0.3 is 4.74 Å². The van der Waals surface area contributed by atoms with Gasteiger partial charge in [0.2, 0.25) is 0 Å². The molecule has 72 valence electrons. The maximum Gasteiger partial charge on any atom is 0.184 e. The molecule has 0 bridgehead atoms. The van der Waals surface area contributed by atoms with E-state index in [-0.39, 0.29) is 0 Å². The summed E-state index contributed by atoms with van der Waals surface area (Å²) in [6, 6.07) is 4.02. The van der Waals surface area contributed by atoms with Gasteiger partial charge in [0, 0.05) is 36.2 Å². The SMILES string of the molecule is CC1=NC=C(c2ccc(C)nc2)CO1. The monoisotopic (exact) mass is 188 g/mol. The molecule has 14 heavy (non-hydrogen) atoms. The molecule has 0 amide bonds. The first-order valence-corrected chi connectivity index (χ1v) is 4.55. The Kier molecular flexibility index (Phi) is 2.31. The van der Waals surface area contributed by atoms with E-state index in [1.165, 1.54) is 0 Å². The number of aromatic nitrogens is 1. The van der Waals surface area contributed by atoms with Crippen molar-refractivity contribution in [1.29, 1.82) is 0 Å². The molecular weight excluding hydrogens is 176 g/mol. The molecule has 3 heteroatoms. The lowest BCUT2D eigenvalue weighted by atomic mass is 10.1. The average Bonchev–Trinajstić information content (AvgIpc) is 2.21. The highest BCUT2D eigenvalue weighted by Gasteiger charge is 2.07. The first-order valence-electron chi connectivity index (χ1n) is 4.55. The van der Waals surface area contributed by atoms with Crippen molar-refractivity contribution in [2.24, 2.45) is 4.99 Å². The van der Waals surface area contributed by atoms with Gasteiger partial charge in [-0.1, -0.05) is 6.07 Å². The van der Waals surface area contributed by atoms with Crippen molar-refractivity contribution in [3.63, 3.8) is 0 Å². The first kappa shape index (κ1) is 8.94. The number of rotatable bonds is 1. The highest BCUT2D eigenvalue weighted by Crippen LogP contribution is 2.17. The Morgan fingerprint density at radius 2 is 2.14 bits per heavy atom. The fourth-order valence-electron chi connectivity index (χ4n) is 1.24. The molecule has 0 radical (unpaired) electrons. The lowest BCUT2D eigenvalue weighted by Gasteiger charge is -2.12. The molecular formula is C11H12N2O. The topological polar surface area (TPSA) is 34.5 Å². The number of pyridine rings is 1. The normalized spacial score (nSPS) is 15.6. The number of ether oxygens (including phenoxy) is 1. The predicted molar refractivity (Wildman–Crippen MR) is 56.0 cm³/mol. The minimum Gasteiger partial charge on any atom is -0.476 e. The van der Waals surface area contributed by atoms with E-state index in [1.807, 2.05) is 38.4 Å². The van der Waals surface area contributed by atoms with Gasteiger partial charge in [0.25, 0.3) is 0 Å². The number of nitrogens with zero attached hydrogens (tertiary/aromatic N) is 2. The van der Waals surface area contributed by atoms with E-state index >= 15 is 0 Å². The molecule has 0 atom stereocenters. The van der Waals surface area contributed by atoms with Crippen molar-refractivity contribution in [3.8, 4) is 0 Å². The summed E-state index contributed by atoms with van der Waals surface area (Å²) in [5.41, 5.74) is 3.17. The Balaban J connectivity index is 2.28. The molecule has 0 saturated heterocycles. The highest BCUT2D eigenvalue weighted by molar-refractivity contribution is 5.80. The molecule has 0 unspecified atom stereocenters. The second-order valence-corrected chi connectivity index (χ2v) is 3.28. The fraction of sp³-hybridized carbons (Fsp3) is 0.273. The van der Waals surface area contributed by atoms with E-state index in [0.29, 0.717) is 12.5 Å². The molecule has 0 aliphatic carbocycles. The number of hydrogen-bond acceptors (Lipinski definition) is 3. The van der Waals surface area contributed by atoms with E-state index in [2.05, 4.69) is 9.98 Å². The summed E-state index contributed by atoms with van der Waals surface area (Å²) in [4.78, 5) is 8.34. The maximum atomic E-state index is 5.33. The van der Waals surface area contributed by atoms with E-state index in [1.54, 1.807) is 0 Å². The Bertz CT molecular complexity index is 390. The van der Waals surface area contributed by atoms with E-state index < -0.39 is 0 Å². The smallest absolute Gasteiger partial charge is 0.184 e. The first-order chi connectivity index (χ1) is 6.75. The minimum absolute atomic E-state index is 0.583. The molecule has 0 aromatic carbocycles. The standard InChI is InChI=1S/C11H12N2O/c1-8-3-4-10(5-12-8)11-6-13-9(2)14-7-11/h3-6H,7H2,1-2H3. The van der Waals surface area contributed by atoms with Crippen LogP contribution in [0.25, 0.3) is 5.57 Å². The predicted octanol–water partition coefficient (Wildman–Crippen LogP) is 2.18. The number of aliphatic imine (C=N–C) groups is 1. The Hall–Kier alpha value is -1.64. The molecule has 1 aliphatic rings. The molecule has 1 aromatic rings. The molecule has 0 saturated carbocycles. The third kappa shape index (κ3) is 1.82. The van der Waals surface area contributed by atoms with Crippen LogP contribution in [0.2, 0.25) is 0 Å². The summed E-state index contributed by atoms with van der Waals surface area (Å²) in [5, 5.41) is 0. The van der Waals surface area contributed by atoms with Crippen LogP contribution in [0.4, 0.5) is 0 Å². The van der Waals surface area contributed by atoms with Gasteiger partial charge in [0.15, 0.2) is 5.90 Å². The lowest BCUT2D eigenvalue weighted by molar-refractivity contribution is 0.349. The summed E-state index contributed by atoms with van der Waals surface area (Å²) in [7, 11) is 0. The zero-order chi connectivity index (χ0) is 9.97. The van der Waals surface area contributed by atoms with Gasteiger partial charge >= 0.3 is 0 Å². The van der Waals surface area contributed by atoms with E-state index in [0.717, 1.165) is 16.8 Å². The second kappa shape index (κ2) is 3.62. The van der Waals surface area contributed by atoms with Crippen LogP contribution in [0, 0.1) is 6.92 Å². The van der Waals surface area contributed by atoms with Crippen molar-refractivity contribution in [1.82, 2.24) is 4.98 Å². The number of aryl methyl sites for hydroxylation is 1. The van der Waals surface area contributed by atoms with Crippen LogP contribution in [0.5, 0.6) is 0 Å². The van der Waals surface area contributed by atoms with Crippen LogP contribution in [-0.4, -0.2) is 17.5 Å². The molecule has 1 aliphatic heterocycles. The molecule has 0 fully saturated rings. The highest BCUT2D eigenvalue weighted by atomic mass is 16.5. The van der Waals surface area contributed by atoms with Crippen LogP contribution < -0.4 is 0 Å². The van der Waals surface area contributed by atoms with Crippen LogP contribution in [-0.2, 0) is 4.74 Å². The molecule has 2 rings (SSSR count). The van der Waals surface area contributed by atoms with Crippen molar-refractivity contribution >= 4 is 11.5 Å². The molecule has 3 nitrogen and oxygen atoms in total. The van der Waals surface area contributed by atoms with Gasteiger partial charge in [-0.15, -0.1) is 0 Å². The molecule has 1 aromatic heterocycles. The fourth-order valence-corrected chi connectivity index (χ4v) is 1.24. The van der Waals surface area contributed by atoms with Crippen molar-refractivity contribution in [2.75, 3.05) is 6.61 Å². The average molecular weight is 188 g/mol. The largest absolute Gasteiger partial charge is 0.476 e. The zero-order valence-corrected chi connectivity index (χ0v) is 8.32. The van der Waals surface area contributed by atoms with Gasteiger partial charge in [0.05, 0.1) is 0 Å². The zero-order valence-electron chi connectivity index (χ0n) is 8.32. The van der Waals surface area contributed by atoms with Crippen molar-refractivity contribution in [3.05, 3.63) is 35.8 Å². The maximum absolute atomic E-state index is 5.33. The Morgan fingerprint density at radius 3 is 2.71 bits per heavy atom. The van der Waals surface area contributed by atoms with Gasteiger partial charge in [-0.25, -0.2) is 4.99 Å². The molecule has 0 spiro atoms. The third-order valence-corrected chi connectivity index (χ3v) is 2.12. The van der Waals surface area contributed by atoms with Gasteiger partial charge in [-0.3, -0.25) is 4.98 Å². The summed E-state index contributed by atoms with van der Waals surface area (Å²) < 4.78 is 5.33. The quantitative estimate of drug-likeness (QED) is 0.677. The van der Waals surface area contributed by atoms with Crippen LogP contribution in [0.1, 0.15) is 18.2 Å². The summed E-state index contributed by atoms with van der Waals surface area (Å²) in [5.74, 6) is 0.717. The Morgan fingerprint density at radius 1 is 1.29 bits per heavy atom. The molecule has 0 N–H and O–H groups in total. The Labute approximate surface area is 83.2 Å². The van der Waals surface area contributed by atoms with Crippen molar-refractivity contribution < 1.29 is 4.74 Å². The molecule has 2 heterocycles. The summed E-state index contributed by atoms with van der Waals surface area (Å²) in [6.45, 7) is 4.40. The van der Waals surface area contributed by atoms with E-state index in [9.17, 15) is 0 Å². The lowest BCUT2D eigenvalue weighted by Crippen LogP contribution is -2.07. The van der Waals surface area contributed by atoms with Gasteiger partial charge in [-0.2, -0.15) is 0 Å². The van der Waals surface area contributed by atoms with Crippen LogP contribution >= 0.6 is 0 Å². The van der Waals surface area contributed by atoms with Crippen LogP contribution in [0.15, 0.2) is 29.5 Å². The minimum atomic E-state index is 0.583. The van der Waals surface area contributed by atoms with Gasteiger partial charge in [0.1, 0.15) is 6.61 Å². The van der Waals surface area contributed by atoms with Gasteiger partial charge in [-0.05, 0) is 13.0 Å². The summed E-state index contributed by atoms with van der Waals surface area (Å²) >= 11 is 0. The van der Waals surface area contributed by atoms with Crippen molar-refractivity contribution in [2.45, 2.75) is 13.8 Å². The third-order valence-electron chi connectivity index (χ3n) is 2.12. The van der Waals surface area contributed by atoms with E-state index in [4.69, 9.17) is 4.74 Å². The number of hydrogen-bond donors (Lipinski definition) is 0. The van der Waals surface area contributed by atoms with Crippen LogP contribution in [0.3, 0.4) is 0 Å². The second-order valence-electron chi connectivity index (χ2n) is 3.28.